The highest BCUT2D eigenvalue weighted by Gasteiger charge is 2.61. The van der Waals surface area contributed by atoms with E-state index >= 15 is 0 Å². The van der Waals surface area contributed by atoms with Gasteiger partial charge >= 0.3 is 0 Å². The zero-order valence-corrected chi connectivity index (χ0v) is 22.7. The average Bonchev–Trinajstić information content (AvgIpc) is 3.28. The Morgan fingerprint density at radius 1 is 0.784 bits per heavy atom. The van der Waals surface area contributed by atoms with Crippen LogP contribution in [0.2, 0.25) is 0 Å². The molecule has 37 heavy (non-hydrogen) atoms. The van der Waals surface area contributed by atoms with Gasteiger partial charge in [0.15, 0.2) is 11.6 Å². The zero-order valence-electron chi connectivity index (χ0n) is 22.7. The van der Waals surface area contributed by atoms with Crippen LogP contribution in [0.4, 0.5) is 23.0 Å². The molecule has 5 nitrogen and oxygen atoms in total. The third kappa shape index (κ3) is 3.13. The van der Waals surface area contributed by atoms with E-state index in [-0.39, 0.29) is 17.0 Å². The van der Waals surface area contributed by atoms with Crippen molar-refractivity contribution in [3.8, 4) is 11.1 Å². The summed E-state index contributed by atoms with van der Waals surface area (Å²) in [5.41, 5.74) is 8.70. The number of hydrogen-bond donors (Lipinski definition) is 0. The van der Waals surface area contributed by atoms with Gasteiger partial charge in [0.25, 0.3) is 0 Å². The van der Waals surface area contributed by atoms with Crippen molar-refractivity contribution in [3.63, 3.8) is 0 Å². The highest BCUT2D eigenvalue weighted by molar-refractivity contribution is 5.88. The first-order valence-electron chi connectivity index (χ1n) is 13.4. The van der Waals surface area contributed by atoms with Crippen LogP contribution in [0.1, 0.15) is 57.2 Å². The maximum atomic E-state index is 4.94. The molecule has 4 aromatic rings. The molecule has 0 spiro atoms. The van der Waals surface area contributed by atoms with Crippen LogP contribution in [0.5, 0.6) is 0 Å². The van der Waals surface area contributed by atoms with E-state index in [0.29, 0.717) is 0 Å². The highest BCUT2D eigenvalue weighted by atomic mass is 15.5. The number of rotatable bonds is 4. The second kappa shape index (κ2) is 8.41. The van der Waals surface area contributed by atoms with E-state index in [0.717, 1.165) is 24.5 Å². The number of benzene rings is 2. The number of pyridine rings is 1. The van der Waals surface area contributed by atoms with Crippen LogP contribution in [0.15, 0.2) is 73.3 Å². The molecule has 3 unspecified atom stereocenters. The molecule has 0 saturated carbocycles. The summed E-state index contributed by atoms with van der Waals surface area (Å²) in [5.74, 6) is 1.86. The van der Waals surface area contributed by atoms with Crippen LogP contribution in [-0.2, 0) is 5.41 Å². The number of nitrogens with zero attached hydrogens (tertiary/aromatic N) is 5. The summed E-state index contributed by atoms with van der Waals surface area (Å²) in [4.78, 5) is 19.0. The molecule has 188 valence electrons. The Bertz CT molecular complexity index is 1460. The van der Waals surface area contributed by atoms with Gasteiger partial charge in [0.2, 0.25) is 0 Å². The van der Waals surface area contributed by atoms with Crippen molar-refractivity contribution in [2.24, 2.45) is 5.41 Å². The maximum absolute atomic E-state index is 4.94. The Labute approximate surface area is 220 Å². The number of aryl methyl sites for hydroxylation is 2. The van der Waals surface area contributed by atoms with Gasteiger partial charge in [0.1, 0.15) is 6.17 Å². The molecule has 0 aliphatic carbocycles. The molecule has 2 aliphatic heterocycles. The first-order chi connectivity index (χ1) is 17.9. The molecule has 0 bridgehead atoms. The average molecular weight is 490 g/mol. The minimum Gasteiger partial charge on any atom is -0.301 e. The second-order valence-corrected chi connectivity index (χ2v) is 11.0. The number of fused-ring (bicyclic) bond motifs is 5. The largest absolute Gasteiger partial charge is 0.301 e. The predicted molar refractivity (Wildman–Crippen MR) is 152 cm³/mol. The van der Waals surface area contributed by atoms with Crippen molar-refractivity contribution in [2.75, 3.05) is 9.80 Å². The Kier molecular flexibility index (Phi) is 5.37. The van der Waals surface area contributed by atoms with Crippen molar-refractivity contribution in [1.29, 1.82) is 0 Å². The Morgan fingerprint density at radius 3 is 2.03 bits per heavy atom. The fourth-order valence-corrected chi connectivity index (χ4v) is 7.05. The minimum atomic E-state index is -0.0654. The molecule has 3 atom stereocenters. The number of aromatic nitrogens is 3. The van der Waals surface area contributed by atoms with E-state index in [1.165, 1.54) is 39.2 Å². The summed E-state index contributed by atoms with van der Waals surface area (Å²) in [6, 6.07) is 17.7. The standard InChI is InChI=1S/C32H35N5/c1-7-31(5)25-11-9-10-12-26(25)37-29-28(34-17-18-35-29)36(30(37)32(31,6)8-2)24-19-21(3)27(22(4)20-24)23-13-15-33-16-14-23/h9-20,30H,7-8H2,1-6H3. The van der Waals surface area contributed by atoms with E-state index in [1.807, 2.05) is 24.8 Å². The lowest BCUT2D eigenvalue weighted by Crippen LogP contribution is -2.62. The van der Waals surface area contributed by atoms with Gasteiger partial charge in [0.05, 0.1) is 0 Å². The first kappa shape index (κ1) is 23.7. The monoisotopic (exact) mass is 489 g/mol. The normalized spacial score (nSPS) is 24.0. The third-order valence-electron chi connectivity index (χ3n) is 9.40. The molecule has 5 heteroatoms. The topological polar surface area (TPSA) is 45.2 Å². The Balaban J connectivity index is 1.62. The van der Waals surface area contributed by atoms with Gasteiger partial charge < -0.3 is 9.80 Å². The lowest BCUT2D eigenvalue weighted by Gasteiger charge is -2.58. The van der Waals surface area contributed by atoms with E-state index < -0.39 is 0 Å². The quantitative estimate of drug-likeness (QED) is 0.292. The summed E-state index contributed by atoms with van der Waals surface area (Å²) in [6.45, 7) is 14.0. The van der Waals surface area contributed by atoms with Crippen molar-refractivity contribution in [3.05, 3.63) is 90.0 Å². The van der Waals surface area contributed by atoms with Crippen LogP contribution in [0.25, 0.3) is 11.1 Å². The Morgan fingerprint density at radius 2 is 1.41 bits per heavy atom. The molecule has 4 heterocycles. The molecule has 0 fully saturated rings. The first-order valence-corrected chi connectivity index (χ1v) is 13.4. The lowest BCUT2D eigenvalue weighted by molar-refractivity contribution is 0.0963. The number of hydrogen-bond acceptors (Lipinski definition) is 5. The van der Waals surface area contributed by atoms with E-state index in [1.54, 1.807) is 0 Å². The summed E-state index contributed by atoms with van der Waals surface area (Å²) in [5, 5.41) is 0. The third-order valence-corrected chi connectivity index (χ3v) is 9.40. The fraction of sp³-hybridized carbons (Fsp3) is 0.344. The highest BCUT2D eigenvalue weighted by Crippen LogP contribution is 2.63. The van der Waals surface area contributed by atoms with Gasteiger partial charge in [-0.25, -0.2) is 9.97 Å². The van der Waals surface area contributed by atoms with Crippen LogP contribution in [0, 0.1) is 19.3 Å². The van der Waals surface area contributed by atoms with Gasteiger partial charge in [-0.15, -0.1) is 0 Å². The van der Waals surface area contributed by atoms with Gasteiger partial charge in [-0.2, -0.15) is 0 Å². The van der Waals surface area contributed by atoms with Crippen molar-refractivity contribution < 1.29 is 0 Å². The van der Waals surface area contributed by atoms with Gasteiger partial charge in [-0.05, 0) is 84.8 Å². The molecule has 0 N–H and O–H groups in total. The summed E-state index contributed by atoms with van der Waals surface area (Å²) < 4.78 is 0. The predicted octanol–water partition coefficient (Wildman–Crippen LogP) is 7.87. The van der Waals surface area contributed by atoms with Crippen molar-refractivity contribution in [1.82, 2.24) is 15.0 Å². The molecule has 0 amide bonds. The molecule has 0 saturated heterocycles. The van der Waals surface area contributed by atoms with Gasteiger partial charge in [-0.1, -0.05) is 45.9 Å². The molecule has 0 radical (unpaired) electrons. The van der Waals surface area contributed by atoms with Gasteiger partial charge in [0, 0.05) is 47.0 Å². The SMILES string of the molecule is CCC1(C)c2ccccc2N2c3nccnc3N(c3cc(C)c(-c4ccncc4)c(C)c3)C2C1(C)CC. The second-order valence-electron chi connectivity index (χ2n) is 11.0. The van der Waals surface area contributed by atoms with E-state index in [4.69, 9.17) is 9.97 Å². The minimum absolute atomic E-state index is 0.0130. The van der Waals surface area contributed by atoms with E-state index in [9.17, 15) is 0 Å². The zero-order chi connectivity index (χ0) is 25.9. The summed E-state index contributed by atoms with van der Waals surface area (Å²) in [7, 11) is 0. The summed E-state index contributed by atoms with van der Waals surface area (Å²) >= 11 is 0. The number of anilines is 4. The molecule has 2 aliphatic rings. The molecule has 2 aromatic carbocycles. The lowest BCUT2D eigenvalue weighted by atomic mass is 9.55. The van der Waals surface area contributed by atoms with E-state index in [2.05, 4.69) is 105 Å². The smallest absolute Gasteiger partial charge is 0.178 e. The van der Waals surface area contributed by atoms with Crippen LogP contribution >= 0.6 is 0 Å². The van der Waals surface area contributed by atoms with Crippen LogP contribution in [0.3, 0.4) is 0 Å². The maximum Gasteiger partial charge on any atom is 0.178 e. The van der Waals surface area contributed by atoms with Gasteiger partial charge in [-0.3, -0.25) is 4.98 Å². The molecular weight excluding hydrogens is 454 g/mol. The summed E-state index contributed by atoms with van der Waals surface area (Å²) in [6.07, 6.45) is 9.52. The van der Waals surface area contributed by atoms with Crippen LogP contribution in [-0.4, -0.2) is 21.1 Å². The van der Waals surface area contributed by atoms with Crippen molar-refractivity contribution >= 4 is 23.0 Å². The molecular formula is C32H35N5. The van der Waals surface area contributed by atoms with Crippen LogP contribution < -0.4 is 9.80 Å². The van der Waals surface area contributed by atoms with Crippen molar-refractivity contribution in [2.45, 2.75) is 66.0 Å². The number of para-hydroxylation sites is 1. The molecule has 2 aromatic heterocycles. The molecule has 6 rings (SSSR count). The fourth-order valence-electron chi connectivity index (χ4n) is 7.05. The Hall–Kier alpha value is -3.73.